The van der Waals surface area contributed by atoms with Crippen LogP contribution in [0.2, 0.25) is 0 Å². The number of hydrogen-bond acceptors (Lipinski definition) is 3. The van der Waals surface area contributed by atoms with E-state index in [1.807, 2.05) is 13.0 Å². The van der Waals surface area contributed by atoms with Crippen LogP contribution in [0.4, 0.5) is 0 Å². The van der Waals surface area contributed by atoms with Crippen LogP contribution in [0.3, 0.4) is 0 Å². The van der Waals surface area contributed by atoms with Crippen molar-refractivity contribution in [3.05, 3.63) is 28.8 Å². The third-order valence-corrected chi connectivity index (χ3v) is 2.74. The van der Waals surface area contributed by atoms with Gasteiger partial charge in [0.05, 0.1) is 7.11 Å². The van der Waals surface area contributed by atoms with Crippen LogP contribution in [0.15, 0.2) is 12.1 Å². The molecule has 0 atom stereocenters. The molecule has 0 fully saturated rings. The van der Waals surface area contributed by atoms with Gasteiger partial charge in [0.15, 0.2) is 0 Å². The smallest absolute Gasteiger partial charge is 0.122 e. The molecule has 1 rings (SSSR count). The minimum Gasteiger partial charge on any atom is -0.496 e. The number of ether oxygens (including phenoxy) is 1. The number of thiol groups is 2. The lowest BCUT2D eigenvalue weighted by molar-refractivity contribution is 0.411. The summed E-state index contributed by atoms with van der Waals surface area (Å²) in [6.07, 6.45) is 0. The van der Waals surface area contributed by atoms with Gasteiger partial charge in [0, 0.05) is 11.5 Å². The van der Waals surface area contributed by atoms with Crippen molar-refractivity contribution in [2.24, 2.45) is 0 Å². The van der Waals surface area contributed by atoms with Crippen molar-refractivity contribution < 1.29 is 4.74 Å². The maximum absolute atomic E-state index is 5.23. The summed E-state index contributed by atoms with van der Waals surface area (Å²) in [6, 6.07) is 4.14. The average molecular weight is 214 g/mol. The lowest BCUT2D eigenvalue weighted by Crippen LogP contribution is -1.94. The average Bonchev–Trinajstić information content (AvgIpc) is 2.17. The highest BCUT2D eigenvalue weighted by Crippen LogP contribution is 2.24. The summed E-state index contributed by atoms with van der Waals surface area (Å²) in [7, 11) is 1.69. The Kier molecular flexibility index (Phi) is 4.00. The van der Waals surface area contributed by atoms with Gasteiger partial charge in [0.1, 0.15) is 5.75 Å². The fourth-order valence-corrected chi connectivity index (χ4v) is 1.89. The zero-order valence-corrected chi connectivity index (χ0v) is 9.66. The second kappa shape index (κ2) is 4.82. The minimum absolute atomic E-state index is 0.729. The third-order valence-electron chi connectivity index (χ3n) is 2.06. The number of methoxy groups -OCH3 is 1. The molecule has 13 heavy (non-hydrogen) atoms. The van der Waals surface area contributed by atoms with Gasteiger partial charge in [-0.15, -0.1) is 0 Å². The van der Waals surface area contributed by atoms with Gasteiger partial charge in [-0.2, -0.15) is 25.3 Å². The Morgan fingerprint density at radius 1 is 1.15 bits per heavy atom. The first-order valence-corrected chi connectivity index (χ1v) is 5.37. The van der Waals surface area contributed by atoms with E-state index >= 15 is 0 Å². The normalized spacial score (nSPS) is 10.2. The van der Waals surface area contributed by atoms with Gasteiger partial charge < -0.3 is 4.74 Å². The van der Waals surface area contributed by atoms with Crippen LogP contribution >= 0.6 is 25.3 Å². The Balaban J connectivity index is 3.18. The molecule has 1 nitrogen and oxygen atoms in total. The molecule has 0 heterocycles. The van der Waals surface area contributed by atoms with Crippen LogP contribution in [-0.2, 0) is 11.5 Å². The largest absolute Gasteiger partial charge is 0.496 e. The topological polar surface area (TPSA) is 9.23 Å². The molecule has 0 spiro atoms. The standard InChI is InChI=1S/C10H14OS2/c1-7-3-8(5-12)9(6-13)4-10(7)11-2/h3-4,12-13H,5-6H2,1-2H3. The summed E-state index contributed by atoms with van der Waals surface area (Å²) in [5.41, 5.74) is 3.58. The molecule has 1 aromatic rings. The van der Waals surface area contributed by atoms with E-state index in [1.165, 1.54) is 11.1 Å². The van der Waals surface area contributed by atoms with E-state index in [2.05, 4.69) is 31.3 Å². The van der Waals surface area contributed by atoms with Gasteiger partial charge in [-0.3, -0.25) is 0 Å². The second-order valence-electron chi connectivity index (χ2n) is 2.91. The summed E-state index contributed by atoms with van der Waals surface area (Å²) >= 11 is 8.53. The van der Waals surface area contributed by atoms with Crippen molar-refractivity contribution in [3.63, 3.8) is 0 Å². The Labute approximate surface area is 90.3 Å². The van der Waals surface area contributed by atoms with Crippen LogP contribution in [0.25, 0.3) is 0 Å². The molecule has 0 bridgehead atoms. The van der Waals surface area contributed by atoms with E-state index in [-0.39, 0.29) is 0 Å². The Hall–Kier alpha value is -0.280. The summed E-state index contributed by atoms with van der Waals surface area (Å²) in [4.78, 5) is 0. The van der Waals surface area contributed by atoms with Gasteiger partial charge >= 0.3 is 0 Å². The molecule has 0 aliphatic heterocycles. The fraction of sp³-hybridized carbons (Fsp3) is 0.400. The number of aryl methyl sites for hydroxylation is 1. The highest BCUT2D eigenvalue weighted by Gasteiger charge is 2.05. The predicted molar refractivity (Wildman–Crippen MR) is 63.1 cm³/mol. The van der Waals surface area contributed by atoms with Crippen molar-refractivity contribution in [2.75, 3.05) is 7.11 Å². The van der Waals surface area contributed by atoms with Crippen LogP contribution < -0.4 is 4.74 Å². The number of benzene rings is 1. The van der Waals surface area contributed by atoms with E-state index < -0.39 is 0 Å². The molecule has 72 valence electrons. The Morgan fingerprint density at radius 2 is 1.69 bits per heavy atom. The van der Waals surface area contributed by atoms with Crippen LogP contribution in [0.1, 0.15) is 16.7 Å². The second-order valence-corrected chi connectivity index (χ2v) is 3.54. The van der Waals surface area contributed by atoms with Crippen molar-refractivity contribution >= 4 is 25.3 Å². The zero-order chi connectivity index (χ0) is 9.84. The molecule has 0 aromatic heterocycles. The molecule has 0 unspecified atom stereocenters. The van der Waals surface area contributed by atoms with Crippen LogP contribution in [0, 0.1) is 6.92 Å². The molecular weight excluding hydrogens is 200 g/mol. The zero-order valence-electron chi connectivity index (χ0n) is 7.87. The molecule has 0 aliphatic rings. The van der Waals surface area contributed by atoms with Gasteiger partial charge in [-0.25, -0.2) is 0 Å². The van der Waals surface area contributed by atoms with E-state index in [1.54, 1.807) is 7.11 Å². The van der Waals surface area contributed by atoms with Gasteiger partial charge in [0.25, 0.3) is 0 Å². The summed E-state index contributed by atoms with van der Waals surface area (Å²) in [6.45, 7) is 2.04. The number of hydrogen-bond donors (Lipinski definition) is 2. The maximum atomic E-state index is 5.23. The molecule has 0 aliphatic carbocycles. The highest BCUT2D eigenvalue weighted by molar-refractivity contribution is 7.79. The molecule has 0 saturated carbocycles. The van der Waals surface area contributed by atoms with Gasteiger partial charge in [-0.1, -0.05) is 6.07 Å². The lowest BCUT2D eigenvalue weighted by Gasteiger charge is -2.10. The van der Waals surface area contributed by atoms with Crippen LogP contribution in [-0.4, -0.2) is 7.11 Å². The molecular formula is C10H14OS2. The summed E-state index contributed by atoms with van der Waals surface area (Å²) < 4.78 is 5.23. The van der Waals surface area contributed by atoms with Gasteiger partial charge in [-0.05, 0) is 29.7 Å². The van der Waals surface area contributed by atoms with E-state index in [0.29, 0.717) is 0 Å². The van der Waals surface area contributed by atoms with E-state index in [0.717, 1.165) is 22.8 Å². The first-order chi connectivity index (χ1) is 6.22. The van der Waals surface area contributed by atoms with Crippen LogP contribution in [0.5, 0.6) is 5.75 Å². The first kappa shape index (κ1) is 10.8. The molecule has 0 saturated heterocycles. The first-order valence-electron chi connectivity index (χ1n) is 4.11. The number of rotatable bonds is 3. The SMILES string of the molecule is COc1cc(CS)c(CS)cc1C. The third kappa shape index (κ3) is 2.35. The fourth-order valence-electron chi connectivity index (χ4n) is 1.30. The van der Waals surface area contributed by atoms with Crippen molar-refractivity contribution in [1.82, 2.24) is 0 Å². The van der Waals surface area contributed by atoms with Gasteiger partial charge in [0.2, 0.25) is 0 Å². The maximum Gasteiger partial charge on any atom is 0.122 e. The van der Waals surface area contributed by atoms with Crippen molar-refractivity contribution in [2.45, 2.75) is 18.4 Å². The molecule has 0 radical (unpaired) electrons. The monoisotopic (exact) mass is 214 g/mol. The minimum atomic E-state index is 0.729. The van der Waals surface area contributed by atoms with Crippen molar-refractivity contribution in [1.29, 1.82) is 0 Å². The quantitative estimate of drug-likeness (QED) is 0.736. The Bertz CT molecular complexity index is 297. The summed E-state index contributed by atoms with van der Waals surface area (Å²) in [5.74, 6) is 2.40. The van der Waals surface area contributed by atoms with Crippen molar-refractivity contribution in [3.8, 4) is 5.75 Å². The Morgan fingerprint density at radius 3 is 2.15 bits per heavy atom. The molecule has 0 amide bonds. The van der Waals surface area contributed by atoms with E-state index in [9.17, 15) is 0 Å². The lowest BCUT2D eigenvalue weighted by atomic mass is 10.1. The molecule has 3 heteroatoms. The highest BCUT2D eigenvalue weighted by atomic mass is 32.1. The molecule has 1 aromatic carbocycles. The molecule has 0 N–H and O–H groups in total. The van der Waals surface area contributed by atoms with E-state index in [4.69, 9.17) is 4.74 Å². The summed E-state index contributed by atoms with van der Waals surface area (Å²) in [5, 5.41) is 0. The predicted octanol–water partition coefficient (Wildman–Crippen LogP) is 2.86.